The Kier molecular flexibility index (Phi) is 4.05. The average molecular weight is 298 g/mol. The maximum absolute atomic E-state index is 6.01. The summed E-state index contributed by atoms with van der Waals surface area (Å²) in [4.78, 5) is 4.39. The molecule has 3 nitrogen and oxygen atoms in total. The molecule has 0 saturated heterocycles. The van der Waals surface area contributed by atoms with Crippen molar-refractivity contribution < 1.29 is 0 Å². The molecule has 3 N–H and O–H groups in total. The van der Waals surface area contributed by atoms with E-state index in [9.17, 15) is 0 Å². The number of hydrogen-bond acceptors (Lipinski definition) is 3. The fourth-order valence-electron chi connectivity index (χ4n) is 2.66. The standard InChI is InChI=1S/C13H20BrN3/c1-10-4-2-3-7-13(10,9-15)17-12-6-5-11(14)8-16-12/h5-6,8,10H,2-4,7,9,15H2,1H3,(H,16,17). The Labute approximate surface area is 111 Å². The van der Waals surface area contributed by atoms with E-state index in [-0.39, 0.29) is 5.54 Å². The van der Waals surface area contributed by atoms with Crippen LogP contribution in [0.25, 0.3) is 0 Å². The maximum Gasteiger partial charge on any atom is 0.126 e. The van der Waals surface area contributed by atoms with Crippen LogP contribution in [0.3, 0.4) is 0 Å². The number of nitrogens with zero attached hydrogens (tertiary/aromatic N) is 1. The van der Waals surface area contributed by atoms with E-state index in [0.717, 1.165) is 16.7 Å². The fourth-order valence-corrected chi connectivity index (χ4v) is 2.89. The van der Waals surface area contributed by atoms with Gasteiger partial charge in [-0.2, -0.15) is 0 Å². The molecule has 1 saturated carbocycles. The van der Waals surface area contributed by atoms with Crippen LogP contribution in [0, 0.1) is 5.92 Å². The summed E-state index contributed by atoms with van der Waals surface area (Å²) in [6.45, 7) is 2.96. The molecule has 1 heterocycles. The Balaban J connectivity index is 2.15. The van der Waals surface area contributed by atoms with Gasteiger partial charge in [0.05, 0.1) is 5.54 Å². The Morgan fingerprint density at radius 3 is 2.94 bits per heavy atom. The molecule has 1 aromatic rings. The Bertz CT molecular complexity index is 365. The minimum Gasteiger partial charge on any atom is -0.363 e. The average Bonchev–Trinajstić information content (AvgIpc) is 2.35. The van der Waals surface area contributed by atoms with E-state index in [1.54, 1.807) is 0 Å². The van der Waals surface area contributed by atoms with E-state index >= 15 is 0 Å². The first-order valence-electron chi connectivity index (χ1n) is 6.26. The molecule has 2 rings (SSSR count). The number of aromatic nitrogens is 1. The van der Waals surface area contributed by atoms with Crippen LogP contribution < -0.4 is 11.1 Å². The van der Waals surface area contributed by atoms with Crippen molar-refractivity contribution in [2.45, 2.75) is 38.1 Å². The van der Waals surface area contributed by atoms with E-state index in [2.05, 4.69) is 33.2 Å². The summed E-state index contributed by atoms with van der Waals surface area (Å²) < 4.78 is 1.00. The topological polar surface area (TPSA) is 50.9 Å². The maximum atomic E-state index is 6.01. The zero-order chi connectivity index (χ0) is 12.3. The Morgan fingerprint density at radius 1 is 1.53 bits per heavy atom. The number of anilines is 1. The summed E-state index contributed by atoms with van der Waals surface area (Å²) in [5.41, 5.74) is 6.03. The minimum absolute atomic E-state index is 0.0269. The summed E-state index contributed by atoms with van der Waals surface area (Å²) in [5, 5.41) is 3.56. The van der Waals surface area contributed by atoms with Gasteiger partial charge in [-0.1, -0.05) is 19.8 Å². The molecular formula is C13H20BrN3. The first-order chi connectivity index (χ1) is 8.16. The third-order valence-corrected chi connectivity index (χ3v) is 4.39. The second-order valence-corrected chi connectivity index (χ2v) is 5.91. The monoisotopic (exact) mass is 297 g/mol. The second-order valence-electron chi connectivity index (χ2n) is 4.99. The van der Waals surface area contributed by atoms with Gasteiger partial charge in [-0.05, 0) is 46.8 Å². The molecule has 0 radical (unpaired) electrons. The molecule has 0 aliphatic heterocycles. The quantitative estimate of drug-likeness (QED) is 0.901. The molecule has 1 fully saturated rings. The van der Waals surface area contributed by atoms with Crippen LogP contribution in [0.1, 0.15) is 32.6 Å². The van der Waals surface area contributed by atoms with Gasteiger partial charge in [0.2, 0.25) is 0 Å². The van der Waals surface area contributed by atoms with Gasteiger partial charge in [0.25, 0.3) is 0 Å². The van der Waals surface area contributed by atoms with Crippen LogP contribution in [0.5, 0.6) is 0 Å². The third-order valence-electron chi connectivity index (χ3n) is 3.92. The molecule has 0 amide bonds. The van der Waals surface area contributed by atoms with Crippen molar-refractivity contribution >= 4 is 21.7 Å². The summed E-state index contributed by atoms with van der Waals surface area (Å²) in [6, 6.07) is 4.01. The molecule has 0 spiro atoms. The van der Waals surface area contributed by atoms with Crippen LogP contribution in [0.15, 0.2) is 22.8 Å². The molecule has 94 valence electrons. The highest BCUT2D eigenvalue weighted by Gasteiger charge is 2.37. The molecule has 17 heavy (non-hydrogen) atoms. The van der Waals surface area contributed by atoms with E-state index in [0.29, 0.717) is 12.5 Å². The normalized spacial score (nSPS) is 29.0. The number of hydrogen-bond donors (Lipinski definition) is 2. The van der Waals surface area contributed by atoms with E-state index < -0.39 is 0 Å². The number of rotatable bonds is 3. The molecule has 1 aliphatic rings. The SMILES string of the molecule is CC1CCCCC1(CN)Nc1ccc(Br)cn1. The van der Waals surface area contributed by atoms with Gasteiger partial charge in [0.15, 0.2) is 0 Å². The number of nitrogens with two attached hydrogens (primary N) is 1. The summed E-state index contributed by atoms with van der Waals surface area (Å²) in [7, 11) is 0. The van der Waals surface area contributed by atoms with E-state index in [1.807, 2.05) is 18.3 Å². The molecule has 2 unspecified atom stereocenters. The van der Waals surface area contributed by atoms with Crippen molar-refractivity contribution in [2.24, 2.45) is 11.7 Å². The zero-order valence-corrected chi connectivity index (χ0v) is 11.8. The molecule has 1 aliphatic carbocycles. The zero-order valence-electron chi connectivity index (χ0n) is 10.2. The highest BCUT2D eigenvalue weighted by atomic mass is 79.9. The highest BCUT2D eigenvalue weighted by molar-refractivity contribution is 9.10. The van der Waals surface area contributed by atoms with Crippen molar-refractivity contribution in [1.82, 2.24) is 4.98 Å². The van der Waals surface area contributed by atoms with Gasteiger partial charge in [-0.15, -0.1) is 0 Å². The highest BCUT2D eigenvalue weighted by Crippen LogP contribution is 2.35. The first kappa shape index (κ1) is 12.8. The molecule has 0 bridgehead atoms. The number of pyridine rings is 1. The smallest absolute Gasteiger partial charge is 0.126 e. The predicted molar refractivity (Wildman–Crippen MR) is 75.0 cm³/mol. The number of nitrogens with one attached hydrogen (secondary N) is 1. The van der Waals surface area contributed by atoms with Crippen LogP contribution >= 0.6 is 15.9 Å². The lowest BCUT2D eigenvalue weighted by Gasteiger charge is -2.43. The van der Waals surface area contributed by atoms with Crippen LogP contribution in [-0.4, -0.2) is 17.1 Å². The van der Waals surface area contributed by atoms with Gasteiger partial charge in [0, 0.05) is 17.2 Å². The third kappa shape index (κ3) is 2.80. The van der Waals surface area contributed by atoms with Crippen molar-refractivity contribution in [3.05, 3.63) is 22.8 Å². The predicted octanol–water partition coefficient (Wildman–Crippen LogP) is 3.16. The first-order valence-corrected chi connectivity index (χ1v) is 7.05. The summed E-state index contributed by atoms with van der Waals surface area (Å²) in [5.74, 6) is 1.53. The van der Waals surface area contributed by atoms with Gasteiger partial charge in [-0.25, -0.2) is 4.98 Å². The minimum atomic E-state index is 0.0269. The molecule has 0 aromatic carbocycles. The Hall–Kier alpha value is -0.610. The van der Waals surface area contributed by atoms with Gasteiger partial charge in [-0.3, -0.25) is 0 Å². The molecule has 1 aromatic heterocycles. The lowest BCUT2D eigenvalue weighted by atomic mass is 9.73. The summed E-state index contributed by atoms with van der Waals surface area (Å²) >= 11 is 3.40. The molecule has 2 atom stereocenters. The van der Waals surface area contributed by atoms with Crippen LogP contribution in [-0.2, 0) is 0 Å². The van der Waals surface area contributed by atoms with Gasteiger partial charge >= 0.3 is 0 Å². The summed E-state index contributed by atoms with van der Waals surface area (Å²) in [6.07, 6.45) is 6.78. The van der Waals surface area contributed by atoms with E-state index in [4.69, 9.17) is 5.73 Å². The second kappa shape index (κ2) is 5.36. The molecule has 4 heteroatoms. The van der Waals surface area contributed by atoms with Gasteiger partial charge in [0.1, 0.15) is 5.82 Å². The van der Waals surface area contributed by atoms with Crippen LogP contribution in [0.2, 0.25) is 0 Å². The largest absolute Gasteiger partial charge is 0.363 e. The lowest BCUT2D eigenvalue weighted by molar-refractivity contribution is 0.235. The fraction of sp³-hybridized carbons (Fsp3) is 0.615. The molecular weight excluding hydrogens is 278 g/mol. The van der Waals surface area contributed by atoms with Crippen LogP contribution in [0.4, 0.5) is 5.82 Å². The van der Waals surface area contributed by atoms with Crippen molar-refractivity contribution in [3.8, 4) is 0 Å². The lowest BCUT2D eigenvalue weighted by Crippen LogP contribution is -2.52. The Morgan fingerprint density at radius 2 is 2.35 bits per heavy atom. The van der Waals surface area contributed by atoms with Crippen molar-refractivity contribution in [2.75, 3.05) is 11.9 Å². The van der Waals surface area contributed by atoms with Crippen molar-refractivity contribution in [1.29, 1.82) is 0 Å². The van der Waals surface area contributed by atoms with Gasteiger partial charge < -0.3 is 11.1 Å². The number of halogens is 1. The van der Waals surface area contributed by atoms with E-state index in [1.165, 1.54) is 19.3 Å². The van der Waals surface area contributed by atoms with Crippen molar-refractivity contribution in [3.63, 3.8) is 0 Å².